The number of phenolic OH excluding ortho intramolecular Hbond substituents is 1. The quantitative estimate of drug-likeness (QED) is 0.865. The van der Waals surface area contributed by atoms with Gasteiger partial charge in [-0.2, -0.15) is 5.10 Å². The summed E-state index contributed by atoms with van der Waals surface area (Å²) in [6, 6.07) is 3.33. The molecule has 0 atom stereocenters. The summed E-state index contributed by atoms with van der Waals surface area (Å²) >= 11 is 6.12. The first-order valence-corrected chi connectivity index (χ1v) is 6.41. The van der Waals surface area contributed by atoms with Gasteiger partial charge in [0, 0.05) is 30.9 Å². The van der Waals surface area contributed by atoms with Crippen molar-refractivity contribution in [3.05, 3.63) is 34.5 Å². The van der Waals surface area contributed by atoms with E-state index in [4.69, 9.17) is 16.3 Å². The molecular formula is C15H15ClN2O2. The highest BCUT2D eigenvalue weighted by Crippen LogP contribution is 2.34. The zero-order chi connectivity index (χ0) is 14.7. The summed E-state index contributed by atoms with van der Waals surface area (Å²) in [4.78, 5) is 0. The van der Waals surface area contributed by atoms with Crippen LogP contribution in [0.4, 0.5) is 0 Å². The van der Waals surface area contributed by atoms with Crippen molar-refractivity contribution < 1.29 is 9.84 Å². The van der Waals surface area contributed by atoms with Gasteiger partial charge in [-0.15, -0.1) is 0 Å². The van der Waals surface area contributed by atoms with E-state index < -0.39 is 0 Å². The van der Waals surface area contributed by atoms with E-state index >= 15 is 0 Å². The van der Waals surface area contributed by atoms with Gasteiger partial charge in [0.15, 0.2) is 0 Å². The molecule has 0 radical (unpaired) electrons. The Bertz CT molecular complexity index is 696. The predicted octanol–water partition coefficient (Wildman–Crippen LogP) is 2.75. The van der Waals surface area contributed by atoms with Gasteiger partial charge in [0.2, 0.25) is 0 Å². The van der Waals surface area contributed by atoms with Gasteiger partial charge >= 0.3 is 0 Å². The van der Waals surface area contributed by atoms with E-state index in [0.29, 0.717) is 22.9 Å². The Morgan fingerprint density at radius 3 is 2.90 bits per heavy atom. The van der Waals surface area contributed by atoms with Crippen molar-refractivity contribution in [1.29, 1.82) is 0 Å². The summed E-state index contributed by atoms with van der Waals surface area (Å²) in [5.41, 5.74) is 2.72. The lowest BCUT2D eigenvalue weighted by molar-refractivity contribution is 0.240. The molecule has 0 amide bonds. The Labute approximate surface area is 122 Å². The molecular weight excluding hydrogens is 276 g/mol. The van der Waals surface area contributed by atoms with Gasteiger partial charge in [0.1, 0.15) is 18.1 Å². The normalized spacial score (nSPS) is 10.2. The second-order valence-corrected chi connectivity index (χ2v) is 4.83. The molecule has 0 spiro atoms. The van der Waals surface area contributed by atoms with Crippen molar-refractivity contribution in [2.24, 2.45) is 7.05 Å². The minimum absolute atomic E-state index is 0.139. The summed E-state index contributed by atoms with van der Waals surface area (Å²) in [6.45, 7) is 2.18. The number of benzene rings is 1. The number of nitrogens with zero attached hydrogens (tertiary/aromatic N) is 2. The molecule has 0 saturated heterocycles. The van der Waals surface area contributed by atoms with Crippen LogP contribution in [0.25, 0.3) is 11.3 Å². The SMILES string of the molecule is COCC#Cc1cn(C)nc1-c1cc(Cl)c(C)cc1O. The van der Waals surface area contributed by atoms with Crippen molar-refractivity contribution in [3.8, 4) is 28.8 Å². The third kappa shape index (κ3) is 2.96. The smallest absolute Gasteiger partial charge is 0.125 e. The third-order valence-electron chi connectivity index (χ3n) is 2.80. The molecule has 0 unspecified atom stereocenters. The van der Waals surface area contributed by atoms with E-state index in [1.165, 1.54) is 0 Å². The van der Waals surface area contributed by atoms with Gasteiger partial charge in [-0.05, 0) is 24.6 Å². The van der Waals surface area contributed by atoms with Gasteiger partial charge in [0.05, 0.1) is 5.56 Å². The summed E-state index contributed by atoms with van der Waals surface area (Å²) < 4.78 is 6.56. The zero-order valence-corrected chi connectivity index (χ0v) is 12.3. The van der Waals surface area contributed by atoms with Crippen molar-refractivity contribution in [1.82, 2.24) is 9.78 Å². The second-order valence-electron chi connectivity index (χ2n) is 4.42. The number of aryl methyl sites for hydroxylation is 2. The van der Waals surface area contributed by atoms with Crippen molar-refractivity contribution in [3.63, 3.8) is 0 Å². The number of ether oxygens (including phenoxy) is 1. The van der Waals surface area contributed by atoms with Crippen LogP contribution < -0.4 is 0 Å². The highest BCUT2D eigenvalue weighted by molar-refractivity contribution is 6.31. The van der Waals surface area contributed by atoms with Crippen LogP contribution >= 0.6 is 11.6 Å². The molecule has 0 aliphatic heterocycles. The molecule has 1 heterocycles. The largest absolute Gasteiger partial charge is 0.507 e. The fourth-order valence-corrected chi connectivity index (χ4v) is 2.00. The Kier molecular flexibility index (Phi) is 4.33. The average molecular weight is 291 g/mol. The van der Waals surface area contributed by atoms with Gasteiger partial charge in [-0.3, -0.25) is 4.68 Å². The predicted molar refractivity (Wildman–Crippen MR) is 78.8 cm³/mol. The standard InChI is InChI=1S/C15H15ClN2O2/c1-10-7-14(19)12(8-13(10)16)15-11(5-4-6-20-3)9-18(2)17-15/h7-9,19H,6H2,1-3H3. The topological polar surface area (TPSA) is 47.3 Å². The Hall–Kier alpha value is -1.96. The van der Waals surface area contributed by atoms with Crippen LogP contribution in [0.2, 0.25) is 5.02 Å². The molecule has 104 valence electrons. The van der Waals surface area contributed by atoms with Crippen LogP contribution in [0.3, 0.4) is 0 Å². The number of phenols is 1. The summed E-state index contributed by atoms with van der Waals surface area (Å²) in [5, 5.41) is 15.0. The first kappa shape index (κ1) is 14.4. The van der Waals surface area contributed by atoms with E-state index in [0.717, 1.165) is 11.1 Å². The van der Waals surface area contributed by atoms with Crippen LogP contribution in [0.1, 0.15) is 11.1 Å². The highest BCUT2D eigenvalue weighted by Gasteiger charge is 2.14. The Balaban J connectivity index is 2.53. The van der Waals surface area contributed by atoms with E-state index in [1.54, 1.807) is 37.2 Å². The molecule has 2 rings (SSSR count). The summed E-state index contributed by atoms with van der Waals surface area (Å²) in [5.74, 6) is 6.00. The lowest BCUT2D eigenvalue weighted by atomic mass is 10.1. The van der Waals surface area contributed by atoms with E-state index in [1.807, 2.05) is 6.92 Å². The molecule has 0 aliphatic rings. The van der Waals surface area contributed by atoms with Gasteiger partial charge < -0.3 is 9.84 Å². The van der Waals surface area contributed by atoms with E-state index in [9.17, 15) is 5.11 Å². The summed E-state index contributed by atoms with van der Waals surface area (Å²) in [6.07, 6.45) is 1.80. The van der Waals surface area contributed by atoms with Gasteiger partial charge in [0.25, 0.3) is 0 Å². The molecule has 1 N–H and O–H groups in total. The lowest BCUT2D eigenvalue weighted by Crippen LogP contribution is -1.89. The third-order valence-corrected chi connectivity index (χ3v) is 3.21. The number of aromatic hydroxyl groups is 1. The van der Waals surface area contributed by atoms with Gasteiger partial charge in [-0.1, -0.05) is 23.4 Å². The molecule has 0 saturated carbocycles. The molecule has 4 nitrogen and oxygen atoms in total. The molecule has 20 heavy (non-hydrogen) atoms. The number of hydrogen-bond acceptors (Lipinski definition) is 3. The van der Waals surface area contributed by atoms with Crippen LogP contribution in [0, 0.1) is 18.8 Å². The van der Waals surface area contributed by atoms with Crippen LogP contribution in [0.5, 0.6) is 5.75 Å². The van der Waals surface area contributed by atoms with Crippen molar-refractivity contribution in [2.45, 2.75) is 6.92 Å². The molecule has 1 aromatic heterocycles. The maximum absolute atomic E-state index is 10.1. The Morgan fingerprint density at radius 1 is 1.45 bits per heavy atom. The molecule has 0 aliphatic carbocycles. The van der Waals surface area contributed by atoms with Crippen LogP contribution in [0.15, 0.2) is 18.3 Å². The first-order chi connectivity index (χ1) is 9.52. The van der Waals surface area contributed by atoms with Crippen molar-refractivity contribution >= 4 is 11.6 Å². The number of hydrogen-bond donors (Lipinski definition) is 1. The molecule has 0 fully saturated rings. The highest BCUT2D eigenvalue weighted by atomic mass is 35.5. The molecule has 5 heteroatoms. The molecule has 0 bridgehead atoms. The summed E-state index contributed by atoms with van der Waals surface area (Å²) in [7, 11) is 3.39. The van der Waals surface area contributed by atoms with Crippen molar-refractivity contribution in [2.75, 3.05) is 13.7 Å². The van der Waals surface area contributed by atoms with Crippen LogP contribution in [-0.4, -0.2) is 28.6 Å². The number of halogens is 1. The monoisotopic (exact) mass is 290 g/mol. The second kappa shape index (κ2) is 6.00. The first-order valence-electron chi connectivity index (χ1n) is 6.04. The number of rotatable bonds is 2. The fraction of sp³-hybridized carbons (Fsp3) is 0.267. The average Bonchev–Trinajstić information content (AvgIpc) is 2.75. The number of aromatic nitrogens is 2. The van der Waals surface area contributed by atoms with E-state index in [-0.39, 0.29) is 5.75 Å². The minimum Gasteiger partial charge on any atom is -0.507 e. The maximum atomic E-state index is 10.1. The van der Waals surface area contributed by atoms with E-state index in [2.05, 4.69) is 16.9 Å². The molecule has 1 aromatic carbocycles. The zero-order valence-electron chi connectivity index (χ0n) is 11.6. The minimum atomic E-state index is 0.139. The maximum Gasteiger partial charge on any atom is 0.125 e. The molecule has 2 aromatic rings. The Morgan fingerprint density at radius 2 is 2.20 bits per heavy atom. The fourth-order valence-electron chi connectivity index (χ4n) is 1.84. The number of methoxy groups -OCH3 is 1. The van der Waals surface area contributed by atoms with Gasteiger partial charge in [-0.25, -0.2) is 0 Å². The lowest BCUT2D eigenvalue weighted by Gasteiger charge is -2.05. The van der Waals surface area contributed by atoms with Crippen LogP contribution in [-0.2, 0) is 11.8 Å².